The summed E-state index contributed by atoms with van der Waals surface area (Å²) in [7, 11) is 0. The molecule has 0 aromatic carbocycles. The van der Waals surface area contributed by atoms with Gasteiger partial charge in [0.2, 0.25) is 0 Å². The molecule has 0 bridgehead atoms. The largest absolute Gasteiger partial charge is 0.147 e. The fourth-order valence-electron chi connectivity index (χ4n) is 4.45. The first-order valence-electron chi connectivity index (χ1n) is 10.2. The van der Waals surface area contributed by atoms with Gasteiger partial charge in [0.15, 0.2) is 0 Å². The third-order valence-corrected chi connectivity index (χ3v) is 7.73. The molecule has 0 radical (unpaired) electrons. The zero-order valence-electron chi connectivity index (χ0n) is 18.8. The van der Waals surface area contributed by atoms with Gasteiger partial charge in [-0.15, -0.1) is 11.8 Å². The second-order valence-electron chi connectivity index (χ2n) is 10.8. The van der Waals surface area contributed by atoms with E-state index in [0.29, 0.717) is 5.25 Å². The lowest BCUT2D eigenvalue weighted by Crippen LogP contribution is -2.49. The summed E-state index contributed by atoms with van der Waals surface area (Å²) in [6, 6.07) is 0. The van der Waals surface area contributed by atoms with E-state index < -0.39 is 0 Å². The Kier molecular flexibility index (Phi) is 5.85. The van der Waals surface area contributed by atoms with Crippen molar-refractivity contribution in [1.82, 2.24) is 0 Å². The minimum Gasteiger partial charge on any atom is -0.147 e. The maximum atomic E-state index is 2.56. The number of hydrogen-bond acceptors (Lipinski definition) is 1. The van der Waals surface area contributed by atoms with Crippen LogP contribution in [0.15, 0.2) is 47.1 Å². The molecule has 0 saturated carbocycles. The van der Waals surface area contributed by atoms with Crippen molar-refractivity contribution in [2.75, 3.05) is 0 Å². The first kappa shape index (κ1) is 21.6. The van der Waals surface area contributed by atoms with E-state index in [0.717, 1.165) is 12.8 Å². The minimum atomic E-state index is 0.0912. The first-order valence-corrected chi connectivity index (χ1v) is 11.1. The van der Waals surface area contributed by atoms with Crippen molar-refractivity contribution in [2.45, 2.75) is 92.1 Å². The Labute approximate surface area is 167 Å². The van der Waals surface area contributed by atoms with Crippen LogP contribution >= 0.6 is 11.8 Å². The monoisotopic (exact) mass is 372 g/mol. The van der Waals surface area contributed by atoms with Crippen LogP contribution in [0.25, 0.3) is 0 Å². The van der Waals surface area contributed by atoms with E-state index in [1.807, 2.05) is 0 Å². The molecule has 26 heavy (non-hydrogen) atoms. The van der Waals surface area contributed by atoms with E-state index in [1.165, 1.54) is 11.1 Å². The molecular weight excluding hydrogens is 332 g/mol. The summed E-state index contributed by atoms with van der Waals surface area (Å²) in [4.78, 5) is 0. The maximum absolute atomic E-state index is 2.56. The number of hydrogen-bond donors (Lipinski definition) is 0. The summed E-state index contributed by atoms with van der Waals surface area (Å²) in [5.74, 6) is 0. The molecule has 0 nitrogen and oxygen atoms in total. The molecule has 0 fully saturated rings. The summed E-state index contributed by atoms with van der Waals surface area (Å²) < 4.78 is 0.0919. The van der Waals surface area contributed by atoms with Crippen LogP contribution in [0.2, 0.25) is 0 Å². The molecule has 0 aliphatic heterocycles. The van der Waals surface area contributed by atoms with Gasteiger partial charge in [-0.3, -0.25) is 0 Å². The van der Waals surface area contributed by atoms with E-state index in [1.54, 1.807) is 5.57 Å². The van der Waals surface area contributed by atoms with Crippen LogP contribution in [0.5, 0.6) is 0 Å². The molecule has 2 aliphatic carbocycles. The van der Waals surface area contributed by atoms with Gasteiger partial charge in [0.05, 0.1) is 4.75 Å². The van der Waals surface area contributed by atoms with Crippen molar-refractivity contribution in [3.05, 3.63) is 47.1 Å². The summed E-state index contributed by atoms with van der Waals surface area (Å²) >= 11 is 2.18. The van der Waals surface area contributed by atoms with E-state index in [9.17, 15) is 0 Å². The Hall–Kier alpha value is -0.690. The second kappa shape index (κ2) is 7.04. The summed E-state index contributed by atoms with van der Waals surface area (Å²) in [5.41, 5.74) is 5.05. The molecule has 0 aromatic heterocycles. The van der Waals surface area contributed by atoms with Gasteiger partial charge in [0.1, 0.15) is 0 Å². The fourth-order valence-corrected chi connectivity index (χ4v) is 6.34. The number of rotatable bonds is 4. The van der Waals surface area contributed by atoms with Crippen molar-refractivity contribution in [3.63, 3.8) is 0 Å². The van der Waals surface area contributed by atoms with Gasteiger partial charge >= 0.3 is 0 Å². The average Bonchev–Trinajstić information content (AvgIpc) is 2.99. The molecule has 0 heterocycles. The Morgan fingerprint density at radius 3 is 1.92 bits per heavy atom. The van der Waals surface area contributed by atoms with Crippen LogP contribution in [0.1, 0.15) is 82.1 Å². The summed E-state index contributed by atoms with van der Waals surface area (Å²) in [6.45, 7) is 23.9. The first-order chi connectivity index (χ1) is 11.7. The third-order valence-electron chi connectivity index (χ3n) is 5.96. The SMILES string of the molecule is CC(C)SC1(C(C)(C)C2=CCC=C2)CC=C(C(C)(C)C)C=C1C(C)(C)C. The molecule has 0 spiro atoms. The molecule has 1 atom stereocenters. The van der Waals surface area contributed by atoms with Crippen LogP contribution in [0.3, 0.4) is 0 Å². The number of allylic oxidation sites excluding steroid dienone is 7. The third kappa shape index (κ3) is 3.93. The van der Waals surface area contributed by atoms with E-state index in [2.05, 4.69) is 111 Å². The minimum absolute atomic E-state index is 0.0912. The van der Waals surface area contributed by atoms with Crippen LogP contribution in [0.4, 0.5) is 0 Å². The molecule has 146 valence electrons. The molecule has 0 amide bonds. The van der Waals surface area contributed by atoms with Crippen LogP contribution in [-0.4, -0.2) is 10.00 Å². The van der Waals surface area contributed by atoms with Crippen LogP contribution < -0.4 is 0 Å². The zero-order chi connectivity index (χ0) is 20.0. The average molecular weight is 373 g/mol. The van der Waals surface area contributed by atoms with Gasteiger partial charge in [-0.1, -0.05) is 99.6 Å². The van der Waals surface area contributed by atoms with Crippen molar-refractivity contribution < 1.29 is 0 Å². The molecule has 1 unspecified atom stereocenters. The van der Waals surface area contributed by atoms with Gasteiger partial charge in [-0.05, 0) is 45.6 Å². The molecule has 0 saturated heterocycles. The molecule has 2 aliphatic rings. The Morgan fingerprint density at radius 1 is 0.885 bits per heavy atom. The van der Waals surface area contributed by atoms with Crippen molar-refractivity contribution in [1.29, 1.82) is 0 Å². The predicted molar refractivity (Wildman–Crippen MR) is 121 cm³/mol. The van der Waals surface area contributed by atoms with Crippen molar-refractivity contribution in [3.8, 4) is 0 Å². The normalized spacial score (nSPS) is 24.7. The molecule has 2 rings (SSSR count). The topological polar surface area (TPSA) is 0 Å². The lowest BCUT2D eigenvalue weighted by atomic mass is 9.59. The predicted octanol–water partition coefficient (Wildman–Crippen LogP) is 8.13. The summed E-state index contributed by atoms with van der Waals surface area (Å²) in [5, 5.41) is 0.593. The molecular formula is C25H40S. The van der Waals surface area contributed by atoms with Gasteiger partial charge in [0.25, 0.3) is 0 Å². The molecule has 1 heteroatoms. The van der Waals surface area contributed by atoms with Gasteiger partial charge in [-0.25, -0.2) is 0 Å². The Morgan fingerprint density at radius 2 is 1.50 bits per heavy atom. The standard InChI is InChI=1S/C25H40S/c1-18(2)26-25(24(9,10)19-13-11-12-14-19)16-15-20(22(3,4)5)17-21(25)23(6,7)8/h11,13-15,17-18H,12,16H2,1-10H3. The highest BCUT2D eigenvalue weighted by Gasteiger charge is 2.53. The lowest BCUT2D eigenvalue weighted by Gasteiger charge is -2.54. The maximum Gasteiger partial charge on any atom is 0.0504 e. The van der Waals surface area contributed by atoms with Gasteiger partial charge < -0.3 is 0 Å². The van der Waals surface area contributed by atoms with Crippen LogP contribution in [0, 0.1) is 16.2 Å². The highest BCUT2D eigenvalue weighted by Crippen LogP contribution is 2.61. The van der Waals surface area contributed by atoms with E-state index in [-0.39, 0.29) is 21.0 Å². The lowest BCUT2D eigenvalue weighted by molar-refractivity contribution is 0.296. The summed E-state index contributed by atoms with van der Waals surface area (Å²) in [6.07, 6.45) is 14.4. The highest BCUT2D eigenvalue weighted by atomic mass is 32.2. The zero-order valence-corrected chi connectivity index (χ0v) is 19.6. The van der Waals surface area contributed by atoms with Crippen LogP contribution in [-0.2, 0) is 0 Å². The fraction of sp³-hybridized carbons (Fsp3) is 0.680. The van der Waals surface area contributed by atoms with E-state index in [4.69, 9.17) is 0 Å². The smallest absolute Gasteiger partial charge is 0.0504 e. The number of thioether (sulfide) groups is 1. The highest BCUT2D eigenvalue weighted by molar-refractivity contribution is 8.01. The Bertz CT molecular complexity index is 653. The van der Waals surface area contributed by atoms with E-state index >= 15 is 0 Å². The quantitative estimate of drug-likeness (QED) is 0.480. The van der Waals surface area contributed by atoms with Crippen molar-refractivity contribution >= 4 is 11.8 Å². The second-order valence-corrected chi connectivity index (χ2v) is 12.7. The Balaban J connectivity index is 2.70. The van der Waals surface area contributed by atoms with Crippen molar-refractivity contribution in [2.24, 2.45) is 16.2 Å². The van der Waals surface area contributed by atoms with Gasteiger partial charge in [-0.2, -0.15) is 0 Å². The molecule has 0 aromatic rings. The molecule has 0 N–H and O–H groups in total. The van der Waals surface area contributed by atoms with Gasteiger partial charge in [0, 0.05) is 5.41 Å².